The van der Waals surface area contributed by atoms with Crippen molar-refractivity contribution < 1.29 is 14.3 Å². The van der Waals surface area contributed by atoms with Crippen molar-refractivity contribution in [3.63, 3.8) is 0 Å². The number of amides is 1. The van der Waals surface area contributed by atoms with Crippen molar-refractivity contribution >= 4 is 29.1 Å². The molecule has 134 valence electrons. The van der Waals surface area contributed by atoms with Crippen LogP contribution in [0.5, 0.6) is 17.2 Å². The van der Waals surface area contributed by atoms with Gasteiger partial charge in [-0.05, 0) is 63.2 Å². The fraction of sp³-hybridized carbons (Fsp3) is 0.316. The van der Waals surface area contributed by atoms with Crippen molar-refractivity contribution in [1.82, 2.24) is 4.90 Å². The highest BCUT2D eigenvalue weighted by Gasteiger charge is 2.19. The van der Waals surface area contributed by atoms with Crippen molar-refractivity contribution in [3.8, 4) is 17.2 Å². The second-order valence-corrected chi connectivity index (χ2v) is 6.26. The van der Waals surface area contributed by atoms with Gasteiger partial charge in [-0.1, -0.05) is 23.2 Å². The lowest BCUT2D eigenvalue weighted by Gasteiger charge is -2.23. The number of nitrogens with zero attached hydrogens (tertiary/aromatic N) is 1. The zero-order valence-electron chi connectivity index (χ0n) is 14.5. The molecule has 0 aromatic heterocycles. The van der Waals surface area contributed by atoms with Crippen molar-refractivity contribution in [2.45, 2.75) is 26.9 Å². The normalized spacial score (nSPS) is 11.7. The van der Waals surface area contributed by atoms with Gasteiger partial charge in [-0.2, -0.15) is 0 Å². The van der Waals surface area contributed by atoms with Gasteiger partial charge in [0.15, 0.2) is 6.10 Å². The number of rotatable bonds is 7. The van der Waals surface area contributed by atoms with E-state index in [1.54, 1.807) is 54.3 Å². The van der Waals surface area contributed by atoms with Gasteiger partial charge in [-0.15, -0.1) is 0 Å². The molecule has 6 heteroatoms. The van der Waals surface area contributed by atoms with Gasteiger partial charge in [0.25, 0.3) is 5.91 Å². The highest BCUT2D eigenvalue weighted by molar-refractivity contribution is 6.35. The molecule has 0 heterocycles. The molecule has 0 spiro atoms. The highest BCUT2D eigenvalue weighted by atomic mass is 35.5. The summed E-state index contributed by atoms with van der Waals surface area (Å²) in [6.07, 6.45) is -0.544. The smallest absolute Gasteiger partial charge is 0.263 e. The third-order valence-electron chi connectivity index (χ3n) is 3.68. The number of carbonyl (C=O) groups excluding carboxylic acids is 1. The lowest BCUT2D eigenvalue weighted by Crippen LogP contribution is -2.40. The van der Waals surface area contributed by atoms with Crippen LogP contribution in [-0.4, -0.2) is 30.0 Å². The van der Waals surface area contributed by atoms with Gasteiger partial charge in [0.2, 0.25) is 0 Å². The minimum Gasteiger partial charge on any atom is -0.481 e. The number of hydrogen-bond donors (Lipinski definition) is 0. The molecule has 1 amide bonds. The van der Waals surface area contributed by atoms with Gasteiger partial charge in [0, 0.05) is 18.1 Å². The van der Waals surface area contributed by atoms with E-state index in [4.69, 9.17) is 32.7 Å². The van der Waals surface area contributed by atoms with Crippen molar-refractivity contribution in [1.29, 1.82) is 0 Å². The van der Waals surface area contributed by atoms with Crippen LogP contribution < -0.4 is 9.47 Å². The van der Waals surface area contributed by atoms with Crippen LogP contribution in [-0.2, 0) is 4.79 Å². The number of ether oxygens (including phenoxy) is 2. The van der Waals surface area contributed by atoms with E-state index < -0.39 is 6.10 Å². The standard InChI is InChI=1S/C19H21Cl2NO3/c1-4-22(5-2)19(23)13(3)24-15-7-9-16(10-8-15)25-18-11-6-14(20)12-17(18)21/h6-13H,4-5H2,1-3H3/t13-/m1/s1. The summed E-state index contributed by atoms with van der Waals surface area (Å²) in [4.78, 5) is 14.0. The Balaban J connectivity index is 2.01. The molecule has 2 aromatic rings. The van der Waals surface area contributed by atoms with E-state index >= 15 is 0 Å². The molecule has 1 atom stereocenters. The largest absolute Gasteiger partial charge is 0.481 e. The Morgan fingerprint density at radius 1 is 1.04 bits per heavy atom. The number of carbonyl (C=O) groups is 1. The lowest BCUT2D eigenvalue weighted by molar-refractivity contribution is -0.137. The third-order valence-corrected chi connectivity index (χ3v) is 4.21. The zero-order valence-corrected chi connectivity index (χ0v) is 16.0. The quantitative estimate of drug-likeness (QED) is 0.642. The van der Waals surface area contributed by atoms with E-state index in [1.165, 1.54) is 0 Å². The van der Waals surface area contributed by atoms with Crippen molar-refractivity contribution in [3.05, 3.63) is 52.5 Å². The van der Waals surface area contributed by atoms with Gasteiger partial charge in [-0.25, -0.2) is 0 Å². The summed E-state index contributed by atoms with van der Waals surface area (Å²) in [5.74, 6) is 1.70. The minimum atomic E-state index is -0.544. The van der Waals surface area contributed by atoms with Gasteiger partial charge in [0.05, 0.1) is 5.02 Å². The number of likely N-dealkylation sites (N-methyl/N-ethyl adjacent to an activating group) is 1. The zero-order chi connectivity index (χ0) is 18.4. The van der Waals surface area contributed by atoms with Gasteiger partial charge < -0.3 is 14.4 Å². The number of benzene rings is 2. The van der Waals surface area contributed by atoms with E-state index in [1.807, 2.05) is 13.8 Å². The second-order valence-electron chi connectivity index (χ2n) is 5.42. The molecule has 2 rings (SSSR count). The fourth-order valence-electron chi connectivity index (χ4n) is 2.32. The molecule has 0 saturated carbocycles. The van der Waals surface area contributed by atoms with Crippen LogP contribution in [0.4, 0.5) is 0 Å². The summed E-state index contributed by atoms with van der Waals surface area (Å²) in [6, 6.07) is 12.1. The summed E-state index contributed by atoms with van der Waals surface area (Å²) in [5, 5.41) is 0.985. The Labute approximate surface area is 158 Å². The SMILES string of the molecule is CCN(CC)C(=O)[C@@H](C)Oc1ccc(Oc2ccc(Cl)cc2Cl)cc1. The fourth-order valence-corrected chi connectivity index (χ4v) is 2.77. The van der Waals surface area contributed by atoms with Crippen molar-refractivity contribution in [2.24, 2.45) is 0 Å². The predicted octanol–water partition coefficient (Wildman–Crippen LogP) is 5.42. The molecular formula is C19H21Cl2NO3. The van der Waals surface area contributed by atoms with Crippen LogP contribution in [0.2, 0.25) is 10.0 Å². The first-order valence-electron chi connectivity index (χ1n) is 8.13. The summed E-state index contributed by atoms with van der Waals surface area (Å²) >= 11 is 12.0. The Kier molecular flexibility index (Phi) is 6.97. The van der Waals surface area contributed by atoms with Crippen LogP contribution in [0.15, 0.2) is 42.5 Å². The first kappa shape index (κ1) is 19.4. The molecule has 0 aliphatic heterocycles. The molecule has 25 heavy (non-hydrogen) atoms. The van der Waals surface area contributed by atoms with E-state index in [-0.39, 0.29) is 5.91 Å². The molecule has 2 aromatic carbocycles. The summed E-state index contributed by atoms with van der Waals surface area (Å²) in [5.41, 5.74) is 0. The maximum absolute atomic E-state index is 12.2. The average molecular weight is 382 g/mol. The van der Waals surface area contributed by atoms with E-state index in [0.717, 1.165) is 0 Å². The Hall–Kier alpha value is -1.91. The molecule has 0 bridgehead atoms. The van der Waals surface area contributed by atoms with Crippen LogP contribution in [0.25, 0.3) is 0 Å². The molecule has 0 aliphatic rings. The monoisotopic (exact) mass is 381 g/mol. The van der Waals surface area contributed by atoms with Crippen LogP contribution >= 0.6 is 23.2 Å². The van der Waals surface area contributed by atoms with Crippen LogP contribution in [0, 0.1) is 0 Å². The maximum atomic E-state index is 12.2. The number of halogens is 2. The predicted molar refractivity (Wildman–Crippen MR) is 101 cm³/mol. The minimum absolute atomic E-state index is 0.0294. The van der Waals surface area contributed by atoms with E-state index in [9.17, 15) is 4.79 Å². The first-order valence-corrected chi connectivity index (χ1v) is 8.88. The lowest BCUT2D eigenvalue weighted by atomic mass is 10.3. The summed E-state index contributed by atoms with van der Waals surface area (Å²) in [6.45, 7) is 6.97. The maximum Gasteiger partial charge on any atom is 0.263 e. The Bertz CT molecular complexity index is 715. The topological polar surface area (TPSA) is 38.8 Å². The van der Waals surface area contributed by atoms with Gasteiger partial charge in [0.1, 0.15) is 17.2 Å². The molecule has 0 unspecified atom stereocenters. The Morgan fingerprint density at radius 3 is 2.20 bits per heavy atom. The average Bonchev–Trinajstić information content (AvgIpc) is 2.60. The highest BCUT2D eigenvalue weighted by Crippen LogP contribution is 2.32. The first-order chi connectivity index (χ1) is 11.9. The van der Waals surface area contributed by atoms with E-state index in [2.05, 4.69) is 0 Å². The van der Waals surface area contributed by atoms with Crippen LogP contribution in [0.1, 0.15) is 20.8 Å². The van der Waals surface area contributed by atoms with E-state index in [0.29, 0.717) is 40.4 Å². The second kappa shape index (κ2) is 8.97. The Morgan fingerprint density at radius 2 is 1.64 bits per heavy atom. The summed E-state index contributed by atoms with van der Waals surface area (Å²) in [7, 11) is 0. The molecular weight excluding hydrogens is 361 g/mol. The molecule has 0 aliphatic carbocycles. The number of hydrogen-bond acceptors (Lipinski definition) is 3. The van der Waals surface area contributed by atoms with Gasteiger partial charge in [-0.3, -0.25) is 4.79 Å². The summed E-state index contributed by atoms with van der Waals surface area (Å²) < 4.78 is 11.4. The van der Waals surface area contributed by atoms with Crippen LogP contribution in [0.3, 0.4) is 0 Å². The molecule has 0 saturated heterocycles. The van der Waals surface area contributed by atoms with Crippen molar-refractivity contribution in [2.75, 3.05) is 13.1 Å². The molecule has 0 fully saturated rings. The molecule has 0 N–H and O–H groups in total. The molecule has 4 nitrogen and oxygen atoms in total. The molecule has 0 radical (unpaired) electrons. The van der Waals surface area contributed by atoms with Gasteiger partial charge >= 0.3 is 0 Å². The third kappa shape index (κ3) is 5.28.